The molecule has 1 aromatic heterocycles. The van der Waals surface area contributed by atoms with Crippen LogP contribution < -0.4 is 14.7 Å². The molecule has 2 atom stereocenters. The summed E-state index contributed by atoms with van der Waals surface area (Å²) in [5.41, 5.74) is 19.6. The minimum Gasteiger partial charge on any atom is -0.333 e. The lowest BCUT2D eigenvalue weighted by Gasteiger charge is -2.32. The van der Waals surface area contributed by atoms with Crippen LogP contribution in [0, 0.1) is 0 Å². The zero-order chi connectivity index (χ0) is 47.5. The normalized spacial score (nSPS) is 16.6. The quantitative estimate of drug-likeness (QED) is 0.143. The highest BCUT2D eigenvalue weighted by Crippen LogP contribution is 2.51. The number of nitrogens with zero attached hydrogens (tertiary/aromatic N) is 4. The van der Waals surface area contributed by atoms with Gasteiger partial charge in [0.05, 0.1) is 22.8 Å². The number of para-hydroxylation sites is 2. The zero-order valence-corrected chi connectivity index (χ0v) is 40.0. The molecule has 14 rings (SSSR count). The molecule has 0 saturated heterocycles. The van der Waals surface area contributed by atoms with Crippen LogP contribution in [0.15, 0.2) is 255 Å². The van der Waals surface area contributed by atoms with Gasteiger partial charge in [0.2, 0.25) is 0 Å². The van der Waals surface area contributed by atoms with Gasteiger partial charge >= 0.3 is 0 Å². The van der Waals surface area contributed by atoms with Crippen LogP contribution in [-0.4, -0.2) is 10.6 Å². The van der Waals surface area contributed by atoms with Crippen LogP contribution in [0.1, 0.15) is 41.9 Å². The molecule has 9 aromatic carbocycles. The Morgan fingerprint density at radius 2 is 1.15 bits per heavy atom. The van der Waals surface area contributed by atoms with Crippen molar-refractivity contribution in [3.05, 3.63) is 272 Å². The van der Waals surface area contributed by atoms with E-state index < -0.39 is 0 Å². The van der Waals surface area contributed by atoms with Crippen LogP contribution in [0.5, 0.6) is 0 Å². The van der Waals surface area contributed by atoms with Crippen molar-refractivity contribution in [2.24, 2.45) is 0 Å². The van der Waals surface area contributed by atoms with Crippen LogP contribution in [-0.2, 0) is 6.42 Å². The first-order chi connectivity index (χ1) is 35.7. The predicted octanol–water partition coefficient (Wildman–Crippen LogP) is 18.1. The monoisotopic (exact) mass is 924 g/mol. The second-order valence-corrected chi connectivity index (χ2v) is 19.5. The maximum absolute atomic E-state index is 2.51. The van der Waals surface area contributed by atoms with Gasteiger partial charge in [-0.25, -0.2) is 0 Å². The maximum Gasteiger partial charge on any atom is 0.0629 e. The summed E-state index contributed by atoms with van der Waals surface area (Å²) in [7, 11) is 0. The van der Waals surface area contributed by atoms with Crippen LogP contribution in [0.4, 0.5) is 39.8 Å². The number of hydrogen-bond donors (Lipinski definition) is 0. The smallest absolute Gasteiger partial charge is 0.0629 e. The summed E-state index contributed by atoms with van der Waals surface area (Å²) in [5, 5.41) is 4.95. The topological polar surface area (TPSA) is 14.7 Å². The summed E-state index contributed by atoms with van der Waals surface area (Å²) in [6.45, 7) is 0. The minimum absolute atomic E-state index is 0.231. The molecule has 0 fully saturated rings. The van der Waals surface area contributed by atoms with Gasteiger partial charge in [0.1, 0.15) is 0 Å². The minimum atomic E-state index is 0.231. The highest BCUT2D eigenvalue weighted by Gasteiger charge is 2.38. The lowest BCUT2D eigenvalue weighted by atomic mass is 9.90. The summed E-state index contributed by atoms with van der Waals surface area (Å²) in [4.78, 5) is 7.44. The van der Waals surface area contributed by atoms with Gasteiger partial charge in [-0.3, -0.25) is 0 Å². The summed E-state index contributed by atoms with van der Waals surface area (Å²) >= 11 is 0. The third-order valence-electron chi connectivity index (χ3n) is 15.4. The number of allylic oxidation sites excluding steroid dienone is 7. The SMILES string of the molecule is C1=CCCC(n2c3ccccc3c3cc(N(c4ccc(-c5ccc(N(C6=CCCc7ccccc76)c6ccc7c(c6)C6C=CC=CC6N7c6ccccc6)cc5)cc4)c4cccc5ccccc45)ccc32)=C1. The van der Waals surface area contributed by atoms with E-state index in [1.54, 1.807) is 0 Å². The summed E-state index contributed by atoms with van der Waals surface area (Å²) < 4.78 is 2.47. The van der Waals surface area contributed by atoms with Crippen molar-refractivity contribution in [1.29, 1.82) is 0 Å². The second-order valence-electron chi connectivity index (χ2n) is 19.5. The Hall–Kier alpha value is -8.86. The van der Waals surface area contributed by atoms with E-state index in [-0.39, 0.29) is 12.0 Å². The molecule has 4 nitrogen and oxygen atoms in total. The molecular formula is C68H52N4. The van der Waals surface area contributed by atoms with Crippen molar-refractivity contribution >= 4 is 83.8 Å². The first-order valence-electron chi connectivity index (χ1n) is 25.5. The van der Waals surface area contributed by atoms with Crippen molar-refractivity contribution in [2.75, 3.05) is 14.7 Å². The average molecular weight is 925 g/mol. The van der Waals surface area contributed by atoms with Gasteiger partial charge in [0.15, 0.2) is 0 Å². The first-order valence-corrected chi connectivity index (χ1v) is 25.5. The Kier molecular flexibility index (Phi) is 10.2. The van der Waals surface area contributed by atoms with Gasteiger partial charge in [-0.1, -0.05) is 164 Å². The fourth-order valence-electron chi connectivity index (χ4n) is 12.1. The Morgan fingerprint density at radius 3 is 1.99 bits per heavy atom. The molecule has 344 valence electrons. The number of rotatable bonds is 9. The Bertz CT molecular complexity index is 3880. The van der Waals surface area contributed by atoms with Gasteiger partial charge in [0.25, 0.3) is 0 Å². The third-order valence-corrected chi connectivity index (χ3v) is 15.4. The molecule has 0 saturated carbocycles. The molecule has 4 heteroatoms. The van der Waals surface area contributed by atoms with Crippen molar-refractivity contribution < 1.29 is 0 Å². The molecule has 0 N–H and O–H groups in total. The first kappa shape index (κ1) is 42.1. The van der Waals surface area contributed by atoms with E-state index in [9.17, 15) is 0 Å². The van der Waals surface area contributed by atoms with E-state index >= 15 is 0 Å². The number of hydrogen-bond acceptors (Lipinski definition) is 3. The van der Waals surface area contributed by atoms with E-state index in [1.165, 1.54) is 88.9 Å². The Morgan fingerprint density at radius 1 is 0.472 bits per heavy atom. The number of anilines is 7. The highest BCUT2D eigenvalue weighted by atomic mass is 15.2. The van der Waals surface area contributed by atoms with Crippen LogP contribution in [0.2, 0.25) is 0 Å². The van der Waals surface area contributed by atoms with E-state index in [0.717, 1.165) is 48.4 Å². The van der Waals surface area contributed by atoms with Crippen LogP contribution in [0.25, 0.3) is 55.1 Å². The number of aromatic nitrogens is 1. The molecule has 2 heterocycles. The van der Waals surface area contributed by atoms with Gasteiger partial charge in [-0.2, -0.15) is 0 Å². The van der Waals surface area contributed by atoms with Gasteiger partial charge < -0.3 is 19.3 Å². The standard InChI is InChI=1S/C68H52N4/c1-3-21-51(22-4-1)71-65-29-13-11-27-59(65)61-45-55(41-43-67(61)71)69(63-31-15-19-49-17-7-9-25-57(49)63)53-37-33-47(34-38-53)48-35-39-54(40-36-48)70(64-32-16-20-50-18-8-10-26-58(50)64)56-42-44-68-62(46-56)60-28-12-14-30-66(60)72(68)52-23-5-2-6-24-52/h1-5,7-14,16-18,20-23,25-46,59,65H,6,15,19,24H2. The molecule has 0 radical (unpaired) electrons. The van der Waals surface area contributed by atoms with Gasteiger partial charge in [-0.15, -0.1) is 0 Å². The number of aryl methyl sites for hydroxylation is 1. The Balaban J connectivity index is 0.846. The van der Waals surface area contributed by atoms with Gasteiger partial charge in [-0.05, 0) is 144 Å². The predicted molar refractivity (Wildman–Crippen MR) is 304 cm³/mol. The lowest BCUT2D eigenvalue weighted by molar-refractivity contribution is 0.745. The number of benzene rings is 9. The fraction of sp³-hybridized carbons (Fsp3) is 0.0882. The molecule has 72 heavy (non-hydrogen) atoms. The van der Waals surface area contributed by atoms with E-state index in [2.05, 4.69) is 274 Å². The maximum atomic E-state index is 2.51. The molecule has 0 amide bonds. The van der Waals surface area contributed by atoms with Crippen LogP contribution >= 0.6 is 0 Å². The van der Waals surface area contributed by atoms with Crippen molar-refractivity contribution in [3.8, 4) is 11.1 Å². The second kappa shape index (κ2) is 17.5. The third kappa shape index (κ3) is 7.05. The molecule has 4 aliphatic rings. The van der Waals surface area contributed by atoms with E-state index in [4.69, 9.17) is 0 Å². The van der Waals surface area contributed by atoms with E-state index in [1.807, 2.05) is 0 Å². The largest absolute Gasteiger partial charge is 0.333 e. The molecule has 1 aliphatic heterocycles. The average Bonchev–Trinajstić information content (AvgIpc) is 3.97. The van der Waals surface area contributed by atoms with Crippen molar-refractivity contribution in [2.45, 2.75) is 37.6 Å². The van der Waals surface area contributed by atoms with Gasteiger partial charge in [0, 0.05) is 73.2 Å². The lowest BCUT2D eigenvalue weighted by Crippen LogP contribution is -2.28. The fourth-order valence-corrected chi connectivity index (χ4v) is 12.1. The zero-order valence-electron chi connectivity index (χ0n) is 40.0. The summed E-state index contributed by atoms with van der Waals surface area (Å²) in [6, 6.07) is 76.8. The molecule has 3 aliphatic carbocycles. The molecular weight excluding hydrogens is 873 g/mol. The molecule has 0 bridgehead atoms. The molecule has 0 spiro atoms. The van der Waals surface area contributed by atoms with E-state index in [0.29, 0.717) is 0 Å². The van der Waals surface area contributed by atoms with Crippen molar-refractivity contribution in [3.63, 3.8) is 0 Å². The molecule has 2 unspecified atom stereocenters. The van der Waals surface area contributed by atoms with Crippen molar-refractivity contribution in [1.82, 2.24) is 4.57 Å². The summed E-state index contributed by atoms with van der Waals surface area (Å²) in [5.74, 6) is 0.258. The highest BCUT2D eigenvalue weighted by molar-refractivity contribution is 6.12. The molecule has 10 aromatic rings. The Labute approximate surface area is 421 Å². The van der Waals surface area contributed by atoms with Crippen LogP contribution in [0.3, 0.4) is 0 Å². The number of fused-ring (bicyclic) bond motifs is 8. The summed E-state index contributed by atoms with van der Waals surface area (Å²) in [6.07, 6.45) is 22.5.